The van der Waals surface area contributed by atoms with Crippen LogP contribution in [0.5, 0.6) is 0 Å². The van der Waals surface area contributed by atoms with Crippen LogP contribution in [-0.4, -0.2) is 29.3 Å². The minimum atomic E-state index is 0.305. The Hall–Kier alpha value is -0.510. The monoisotopic (exact) mass is 265 g/mol. The number of aliphatic hydroxyl groups is 1. The number of nitrogens with one attached hydrogen (secondary N) is 1. The van der Waals surface area contributed by atoms with Gasteiger partial charge >= 0.3 is 0 Å². The first-order chi connectivity index (χ1) is 8.86. The first-order valence-electron chi connectivity index (χ1n) is 6.90. The van der Waals surface area contributed by atoms with E-state index in [0.717, 1.165) is 25.1 Å². The van der Waals surface area contributed by atoms with E-state index in [2.05, 4.69) is 36.5 Å². The van der Waals surface area contributed by atoms with Gasteiger partial charge in [0.25, 0.3) is 0 Å². The number of hydrogen-bond acceptors (Lipinski definition) is 3. The highest BCUT2D eigenvalue weighted by Gasteiger charge is 2.31. The number of thioether (sulfide) groups is 1. The van der Waals surface area contributed by atoms with Crippen molar-refractivity contribution in [2.24, 2.45) is 0 Å². The van der Waals surface area contributed by atoms with Crippen molar-refractivity contribution in [3.8, 4) is 0 Å². The maximum absolute atomic E-state index is 8.89. The smallest absolute Gasteiger partial charge is 0.0446 e. The molecule has 2 N–H and O–H groups in total. The van der Waals surface area contributed by atoms with Gasteiger partial charge in [-0.2, -0.15) is 11.8 Å². The van der Waals surface area contributed by atoms with Crippen LogP contribution in [0.15, 0.2) is 24.3 Å². The third kappa shape index (κ3) is 3.28. The molecule has 0 aromatic heterocycles. The number of fused-ring (bicyclic) bond motifs is 1. The first-order valence-corrected chi connectivity index (χ1v) is 7.95. The molecule has 18 heavy (non-hydrogen) atoms. The topological polar surface area (TPSA) is 32.3 Å². The highest BCUT2D eigenvalue weighted by Crippen LogP contribution is 2.38. The van der Waals surface area contributed by atoms with Crippen LogP contribution < -0.4 is 5.32 Å². The minimum Gasteiger partial charge on any atom is -0.396 e. The number of rotatable bonds is 7. The Kier molecular flexibility index (Phi) is 5.54. The van der Waals surface area contributed by atoms with Crippen molar-refractivity contribution in [3.63, 3.8) is 0 Å². The Morgan fingerprint density at radius 2 is 2.22 bits per heavy atom. The fraction of sp³-hybridized carbons (Fsp3) is 0.600. The number of hydrogen-bond donors (Lipinski definition) is 2. The van der Waals surface area contributed by atoms with Gasteiger partial charge in [-0.25, -0.2) is 0 Å². The summed E-state index contributed by atoms with van der Waals surface area (Å²) in [5.74, 6) is 1.06. The molecule has 3 heteroatoms. The summed E-state index contributed by atoms with van der Waals surface area (Å²) in [7, 11) is 0. The molecular weight excluding hydrogens is 242 g/mol. The normalized spacial score (nSPS) is 22.1. The van der Waals surface area contributed by atoms with Gasteiger partial charge in [-0.1, -0.05) is 31.2 Å². The van der Waals surface area contributed by atoms with Crippen molar-refractivity contribution in [3.05, 3.63) is 35.4 Å². The zero-order chi connectivity index (χ0) is 12.8. The lowest BCUT2D eigenvalue weighted by Gasteiger charge is -2.21. The highest BCUT2D eigenvalue weighted by atomic mass is 32.2. The lowest BCUT2D eigenvalue weighted by atomic mass is 10.1. The molecule has 0 amide bonds. The van der Waals surface area contributed by atoms with E-state index in [9.17, 15) is 0 Å². The number of benzene rings is 1. The highest BCUT2D eigenvalue weighted by molar-refractivity contribution is 7.99. The van der Waals surface area contributed by atoms with Crippen LogP contribution in [0.3, 0.4) is 0 Å². The molecule has 1 aromatic carbocycles. The first kappa shape index (κ1) is 13.9. The van der Waals surface area contributed by atoms with E-state index < -0.39 is 0 Å². The Balaban J connectivity index is 2.02. The van der Waals surface area contributed by atoms with Gasteiger partial charge < -0.3 is 10.4 Å². The molecule has 2 rings (SSSR count). The SMILES string of the molecule is CCCNC1c2ccccc2CC1SCCCO. The van der Waals surface area contributed by atoms with Crippen LogP contribution in [-0.2, 0) is 6.42 Å². The van der Waals surface area contributed by atoms with Crippen molar-refractivity contribution in [2.45, 2.75) is 37.5 Å². The van der Waals surface area contributed by atoms with Gasteiger partial charge in [0, 0.05) is 17.9 Å². The number of aliphatic hydroxyl groups excluding tert-OH is 1. The van der Waals surface area contributed by atoms with Crippen LogP contribution in [0.25, 0.3) is 0 Å². The van der Waals surface area contributed by atoms with E-state index in [-0.39, 0.29) is 0 Å². The van der Waals surface area contributed by atoms with E-state index in [1.165, 1.54) is 17.5 Å². The Morgan fingerprint density at radius 3 is 3.00 bits per heavy atom. The molecule has 1 aromatic rings. The van der Waals surface area contributed by atoms with Crippen molar-refractivity contribution in [2.75, 3.05) is 18.9 Å². The summed E-state index contributed by atoms with van der Waals surface area (Å²) >= 11 is 2.00. The Labute approximate surface area is 114 Å². The molecule has 0 saturated heterocycles. The van der Waals surface area contributed by atoms with Crippen LogP contribution in [0.4, 0.5) is 0 Å². The predicted octanol–water partition coefficient (Wildman–Crippen LogP) is 2.77. The lowest BCUT2D eigenvalue weighted by Crippen LogP contribution is -2.28. The average Bonchev–Trinajstić information content (AvgIpc) is 2.74. The molecule has 2 atom stereocenters. The molecule has 0 spiro atoms. The van der Waals surface area contributed by atoms with Gasteiger partial charge in [-0.15, -0.1) is 0 Å². The summed E-state index contributed by atoms with van der Waals surface area (Å²) in [6.45, 7) is 3.59. The molecule has 0 saturated carbocycles. The maximum Gasteiger partial charge on any atom is 0.0446 e. The fourth-order valence-electron chi connectivity index (χ4n) is 2.55. The van der Waals surface area contributed by atoms with Crippen molar-refractivity contribution < 1.29 is 5.11 Å². The fourth-order valence-corrected chi connectivity index (χ4v) is 3.89. The maximum atomic E-state index is 8.89. The Morgan fingerprint density at radius 1 is 1.39 bits per heavy atom. The molecule has 0 fully saturated rings. The molecule has 1 aliphatic rings. The molecule has 0 radical (unpaired) electrons. The summed E-state index contributed by atoms with van der Waals surface area (Å²) in [5.41, 5.74) is 2.97. The van der Waals surface area contributed by atoms with Crippen molar-refractivity contribution in [1.29, 1.82) is 0 Å². The summed E-state index contributed by atoms with van der Waals surface area (Å²) < 4.78 is 0. The molecule has 0 bridgehead atoms. The molecule has 1 aliphatic carbocycles. The average molecular weight is 265 g/mol. The van der Waals surface area contributed by atoms with E-state index in [0.29, 0.717) is 17.9 Å². The van der Waals surface area contributed by atoms with Crippen molar-refractivity contribution >= 4 is 11.8 Å². The van der Waals surface area contributed by atoms with Crippen LogP contribution in [0.1, 0.15) is 36.9 Å². The van der Waals surface area contributed by atoms with E-state index in [4.69, 9.17) is 5.11 Å². The second-order valence-corrected chi connectivity index (χ2v) is 6.17. The van der Waals surface area contributed by atoms with Crippen LogP contribution in [0.2, 0.25) is 0 Å². The minimum absolute atomic E-state index is 0.305. The summed E-state index contributed by atoms with van der Waals surface area (Å²) in [6.07, 6.45) is 3.23. The second-order valence-electron chi connectivity index (χ2n) is 4.82. The predicted molar refractivity (Wildman–Crippen MR) is 79.1 cm³/mol. The van der Waals surface area contributed by atoms with E-state index in [1.807, 2.05) is 11.8 Å². The third-order valence-electron chi connectivity index (χ3n) is 3.43. The summed E-state index contributed by atoms with van der Waals surface area (Å²) in [4.78, 5) is 0. The van der Waals surface area contributed by atoms with Crippen molar-refractivity contribution in [1.82, 2.24) is 5.32 Å². The molecule has 0 aliphatic heterocycles. The van der Waals surface area contributed by atoms with Crippen LogP contribution >= 0.6 is 11.8 Å². The standard InChI is InChI=1S/C15H23NOS/c1-2-8-16-15-13-7-4-3-6-12(13)11-14(15)18-10-5-9-17/h3-4,6-7,14-17H,2,5,8-11H2,1H3. The van der Waals surface area contributed by atoms with Crippen LogP contribution in [0, 0.1) is 0 Å². The third-order valence-corrected chi connectivity index (χ3v) is 4.82. The molecule has 2 unspecified atom stereocenters. The van der Waals surface area contributed by atoms with E-state index in [1.54, 1.807) is 0 Å². The van der Waals surface area contributed by atoms with Gasteiger partial charge in [-0.05, 0) is 42.7 Å². The second kappa shape index (κ2) is 7.17. The zero-order valence-corrected chi connectivity index (χ0v) is 11.9. The summed E-state index contributed by atoms with van der Waals surface area (Å²) in [6, 6.07) is 9.28. The molecule has 2 nitrogen and oxygen atoms in total. The molecular formula is C15H23NOS. The zero-order valence-electron chi connectivity index (χ0n) is 11.1. The van der Waals surface area contributed by atoms with Gasteiger partial charge in [0.15, 0.2) is 0 Å². The Bertz CT molecular complexity index is 369. The van der Waals surface area contributed by atoms with Gasteiger partial charge in [0.1, 0.15) is 0 Å². The summed E-state index contributed by atoms with van der Waals surface area (Å²) in [5, 5.41) is 13.2. The van der Waals surface area contributed by atoms with Gasteiger partial charge in [0.05, 0.1) is 0 Å². The largest absolute Gasteiger partial charge is 0.396 e. The molecule has 100 valence electrons. The lowest BCUT2D eigenvalue weighted by molar-refractivity contribution is 0.296. The quantitative estimate of drug-likeness (QED) is 0.744. The van der Waals surface area contributed by atoms with E-state index >= 15 is 0 Å². The van der Waals surface area contributed by atoms with Gasteiger partial charge in [0.2, 0.25) is 0 Å². The van der Waals surface area contributed by atoms with Gasteiger partial charge in [-0.3, -0.25) is 0 Å². The molecule has 0 heterocycles.